The summed E-state index contributed by atoms with van der Waals surface area (Å²) in [5.74, 6) is 0.0963. The minimum atomic E-state index is 0.0963. The lowest BCUT2D eigenvalue weighted by molar-refractivity contribution is 0.0747. The SMILES string of the molecule is CC[C@H]1C=CCN1C(=O)c1ccc(-n2ccnc2)cc1. The van der Waals surface area contributed by atoms with Crippen LogP contribution in [0.25, 0.3) is 5.69 Å². The number of aromatic nitrogens is 2. The van der Waals surface area contributed by atoms with Gasteiger partial charge in [0, 0.05) is 30.2 Å². The quantitative estimate of drug-likeness (QED) is 0.802. The van der Waals surface area contributed by atoms with Gasteiger partial charge < -0.3 is 9.47 Å². The zero-order chi connectivity index (χ0) is 13.9. The summed E-state index contributed by atoms with van der Waals surface area (Å²) in [6.45, 7) is 2.81. The van der Waals surface area contributed by atoms with E-state index in [1.165, 1.54) is 0 Å². The van der Waals surface area contributed by atoms with Crippen LogP contribution in [0.4, 0.5) is 0 Å². The van der Waals surface area contributed by atoms with E-state index in [-0.39, 0.29) is 11.9 Å². The average Bonchev–Trinajstić information content (AvgIpc) is 3.17. The summed E-state index contributed by atoms with van der Waals surface area (Å²) >= 11 is 0. The summed E-state index contributed by atoms with van der Waals surface area (Å²) < 4.78 is 1.92. The summed E-state index contributed by atoms with van der Waals surface area (Å²) in [7, 11) is 0. The largest absolute Gasteiger partial charge is 0.329 e. The van der Waals surface area contributed by atoms with Gasteiger partial charge in [-0.25, -0.2) is 4.98 Å². The maximum absolute atomic E-state index is 12.5. The highest BCUT2D eigenvalue weighted by atomic mass is 16.2. The first-order valence-electron chi connectivity index (χ1n) is 6.85. The Morgan fingerprint density at radius 2 is 2.15 bits per heavy atom. The Bertz CT molecular complexity index is 614. The molecule has 0 saturated heterocycles. The lowest BCUT2D eigenvalue weighted by Gasteiger charge is -2.23. The van der Waals surface area contributed by atoms with Crippen LogP contribution < -0.4 is 0 Å². The molecule has 1 aliphatic heterocycles. The molecular weight excluding hydrogens is 250 g/mol. The molecular formula is C16H17N3O. The van der Waals surface area contributed by atoms with E-state index >= 15 is 0 Å². The van der Waals surface area contributed by atoms with E-state index in [1.54, 1.807) is 12.5 Å². The van der Waals surface area contributed by atoms with E-state index in [0.717, 1.165) is 17.7 Å². The monoisotopic (exact) mass is 267 g/mol. The molecule has 0 aliphatic carbocycles. The van der Waals surface area contributed by atoms with E-state index in [2.05, 4.69) is 24.1 Å². The lowest BCUT2D eigenvalue weighted by Crippen LogP contribution is -2.35. The number of imidazole rings is 1. The van der Waals surface area contributed by atoms with Crippen LogP contribution in [0, 0.1) is 0 Å². The molecule has 1 atom stereocenters. The van der Waals surface area contributed by atoms with Crippen LogP contribution in [0.2, 0.25) is 0 Å². The normalized spacial score (nSPS) is 17.6. The zero-order valence-electron chi connectivity index (χ0n) is 11.4. The van der Waals surface area contributed by atoms with Crippen LogP contribution in [-0.2, 0) is 0 Å². The zero-order valence-corrected chi connectivity index (χ0v) is 11.4. The second-order valence-electron chi connectivity index (χ2n) is 4.88. The standard InChI is InChI=1S/C16H17N3O/c1-2-14-4-3-10-19(14)16(20)13-5-7-15(8-6-13)18-11-9-17-12-18/h3-9,11-12,14H,2,10H2,1H3/t14-/m0/s1. The van der Waals surface area contributed by atoms with Gasteiger partial charge >= 0.3 is 0 Å². The predicted molar refractivity (Wildman–Crippen MR) is 77.8 cm³/mol. The second-order valence-corrected chi connectivity index (χ2v) is 4.88. The van der Waals surface area contributed by atoms with Gasteiger partial charge in [0.1, 0.15) is 0 Å². The maximum Gasteiger partial charge on any atom is 0.254 e. The molecule has 0 fully saturated rings. The Labute approximate surface area is 118 Å². The molecule has 0 N–H and O–H groups in total. The fourth-order valence-electron chi connectivity index (χ4n) is 2.51. The molecule has 0 spiro atoms. The van der Waals surface area contributed by atoms with Crippen LogP contribution in [0.15, 0.2) is 55.1 Å². The van der Waals surface area contributed by atoms with Gasteiger partial charge in [-0.05, 0) is 30.7 Å². The van der Waals surface area contributed by atoms with E-state index in [1.807, 2.05) is 39.9 Å². The van der Waals surface area contributed by atoms with Crippen molar-refractivity contribution in [1.29, 1.82) is 0 Å². The minimum absolute atomic E-state index is 0.0963. The topological polar surface area (TPSA) is 38.1 Å². The molecule has 1 amide bonds. The van der Waals surface area contributed by atoms with Gasteiger partial charge in [0.25, 0.3) is 5.91 Å². The highest BCUT2D eigenvalue weighted by Gasteiger charge is 2.24. The molecule has 3 rings (SSSR count). The Hall–Kier alpha value is -2.36. The van der Waals surface area contributed by atoms with E-state index in [9.17, 15) is 4.79 Å². The summed E-state index contributed by atoms with van der Waals surface area (Å²) in [6, 6.07) is 7.88. The molecule has 0 unspecified atom stereocenters. The van der Waals surface area contributed by atoms with Gasteiger partial charge in [-0.15, -0.1) is 0 Å². The van der Waals surface area contributed by atoms with Crippen molar-refractivity contribution in [3.8, 4) is 5.69 Å². The fraction of sp³-hybridized carbons (Fsp3) is 0.250. The number of hydrogen-bond donors (Lipinski definition) is 0. The van der Waals surface area contributed by atoms with Gasteiger partial charge in [-0.3, -0.25) is 4.79 Å². The van der Waals surface area contributed by atoms with Crippen molar-refractivity contribution in [2.24, 2.45) is 0 Å². The van der Waals surface area contributed by atoms with Crippen LogP contribution in [-0.4, -0.2) is 32.9 Å². The summed E-state index contributed by atoms with van der Waals surface area (Å²) in [4.78, 5) is 18.4. The van der Waals surface area contributed by atoms with Crippen LogP contribution in [0.1, 0.15) is 23.7 Å². The molecule has 4 heteroatoms. The molecule has 102 valence electrons. The van der Waals surface area contributed by atoms with Crippen molar-refractivity contribution >= 4 is 5.91 Å². The first kappa shape index (κ1) is 12.7. The summed E-state index contributed by atoms with van der Waals surface area (Å²) in [6.07, 6.45) is 10.5. The number of nitrogens with zero attached hydrogens (tertiary/aromatic N) is 3. The van der Waals surface area contributed by atoms with Crippen molar-refractivity contribution in [2.45, 2.75) is 19.4 Å². The minimum Gasteiger partial charge on any atom is -0.329 e. The Morgan fingerprint density at radius 1 is 1.35 bits per heavy atom. The Balaban J connectivity index is 1.79. The van der Waals surface area contributed by atoms with Crippen molar-refractivity contribution in [3.05, 3.63) is 60.7 Å². The fourth-order valence-corrected chi connectivity index (χ4v) is 2.51. The van der Waals surface area contributed by atoms with Crippen LogP contribution in [0.3, 0.4) is 0 Å². The Morgan fingerprint density at radius 3 is 2.80 bits per heavy atom. The molecule has 0 radical (unpaired) electrons. The molecule has 2 heterocycles. The van der Waals surface area contributed by atoms with Gasteiger partial charge in [0.15, 0.2) is 0 Å². The number of hydrogen-bond acceptors (Lipinski definition) is 2. The summed E-state index contributed by atoms with van der Waals surface area (Å²) in [5.41, 5.74) is 1.74. The first-order chi connectivity index (χ1) is 9.79. The first-order valence-corrected chi connectivity index (χ1v) is 6.85. The summed E-state index contributed by atoms with van der Waals surface area (Å²) in [5, 5.41) is 0. The van der Waals surface area contributed by atoms with Gasteiger partial charge in [0.05, 0.1) is 12.4 Å². The third-order valence-corrected chi connectivity index (χ3v) is 3.66. The smallest absolute Gasteiger partial charge is 0.254 e. The number of carbonyl (C=O) groups is 1. The lowest BCUT2D eigenvalue weighted by atomic mass is 10.1. The molecule has 2 aromatic rings. The Kier molecular flexibility index (Phi) is 3.37. The molecule has 0 bridgehead atoms. The third-order valence-electron chi connectivity index (χ3n) is 3.66. The van der Waals surface area contributed by atoms with E-state index in [4.69, 9.17) is 0 Å². The number of rotatable bonds is 3. The molecule has 0 saturated carbocycles. The number of benzene rings is 1. The number of carbonyl (C=O) groups excluding carboxylic acids is 1. The van der Waals surface area contributed by atoms with Crippen LogP contribution in [0.5, 0.6) is 0 Å². The number of amides is 1. The van der Waals surface area contributed by atoms with Crippen molar-refractivity contribution in [3.63, 3.8) is 0 Å². The van der Waals surface area contributed by atoms with E-state index in [0.29, 0.717) is 6.54 Å². The maximum atomic E-state index is 12.5. The van der Waals surface area contributed by atoms with Gasteiger partial charge in [0.2, 0.25) is 0 Å². The van der Waals surface area contributed by atoms with Crippen molar-refractivity contribution in [2.75, 3.05) is 6.54 Å². The highest BCUT2D eigenvalue weighted by Crippen LogP contribution is 2.18. The van der Waals surface area contributed by atoms with Gasteiger partial charge in [-0.2, -0.15) is 0 Å². The van der Waals surface area contributed by atoms with E-state index < -0.39 is 0 Å². The molecule has 4 nitrogen and oxygen atoms in total. The molecule has 1 aromatic carbocycles. The molecule has 1 aliphatic rings. The highest BCUT2D eigenvalue weighted by molar-refractivity contribution is 5.95. The van der Waals surface area contributed by atoms with Crippen molar-refractivity contribution in [1.82, 2.24) is 14.5 Å². The van der Waals surface area contributed by atoms with Crippen LogP contribution >= 0.6 is 0 Å². The van der Waals surface area contributed by atoms with Crippen molar-refractivity contribution < 1.29 is 4.79 Å². The predicted octanol–water partition coefficient (Wildman–Crippen LogP) is 2.66. The molecule has 20 heavy (non-hydrogen) atoms. The molecule has 1 aromatic heterocycles. The average molecular weight is 267 g/mol. The van der Waals surface area contributed by atoms with Gasteiger partial charge in [-0.1, -0.05) is 19.1 Å². The third kappa shape index (κ3) is 2.25. The second kappa shape index (κ2) is 5.33.